The van der Waals surface area contributed by atoms with Gasteiger partial charge in [0.2, 0.25) is 0 Å². The largest absolute Gasteiger partial charge is 0.393 e. The van der Waals surface area contributed by atoms with E-state index in [1.54, 1.807) is 0 Å². The number of nitrogens with zero attached hydrogens (tertiary/aromatic N) is 1. The summed E-state index contributed by atoms with van der Waals surface area (Å²) in [6.45, 7) is 1.49. The van der Waals surface area contributed by atoms with Gasteiger partial charge in [-0.2, -0.15) is 5.26 Å². The Kier molecular flexibility index (Phi) is 3.57. The first-order valence-corrected chi connectivity index (χ1v) is 5.60. The Morgan fingerprint density at radius 2 is 2.00 bits per heavy atom. The third kappa shape index (κ3) is 2.69. The number of rotatable bonds is 2. The molecular weight excluding hydrogens is 194 g/mol. The van der Waals surface area contributed by atoms with Gasteiger partial charge in [0.15, 0.2) is 0 Å². The molecule has 1 saturated carbocycles. The first-order chi connectivity index (χ1) is 7.29. The van der Waals surface area contributed by atoms with E-state index in [-0.39, 0.29) is 24.2 Å². The molecule has 4 nitrogen and oxygen atoms in total. The van der Waals surface area contributed by atoms with Gasteiger partial charge in [-0.05, 0) is 19.3 Å². The molecule has 0 aromatic carbocycles. The van der Waals surface area contributed by atoms with Gasteiger partial charge in [0, 0.05) is 19.6 Å². The van der Waals surface area contributed by atoms with Gasteiger partial charge < -0.3 is 14.6 Å². The lowest BCUT2D eigenvalue weighted by molar-refractivity contribution is -0.0754. The normalized spacial score (nSPS) is 37.7. The summed E-state index contributed by atoms with van der Waals surface area (Å²) in [6, 6.07) is 2.22. The molecule has 0 bridgehead atoms. The molecule has 0 spiro atoms. The minimum absolute atomic E-state index is 0.0758. The fourth-order valence-electron chi connectivity index (χ4n) is 2.32. The molecular formula is C11H17NO3. The molecule has 2 fully saturated rings. The van der Waals surface area contributed by atoms with Gasteiger partial charge in [0.1, 0.15) is 0 Å². The molecule has 2 aliphatic rings. The third-order valence-corrected chi connectivity index (χ3v) is 3.18. The van der Waals surface area contributed by atoms with Crippen molar-refractivity contribution < 1.29 is 14.6 Å². The maximum Gasteiger partial charge on any atom is 0.0762 e. The van der Waals surface area contributed by atoms with Crippen molar-refractivity contribution in [2.75, 3.05) is 13.2 Å². The van der Waals surface area contributed by atoms with Crippen molar-refractivity contribution in [1.82, 2.24) is 0 Å². The second-order valence-corrected chi connectivity index (χ2v) is 4.35. The average molecular weight is 211 g/mol. The number of nitriles is 1. The summed E-state index contributed by atoms with van der Waals surface area (Å²) in [5.74, 6) is -0.136. The first-order valence-electron chi connectivity index (χ1n) is 5.60. The van der Waals surface area contributed by atoms with E-state index in [1.165, 1.54) is 0 Å². The zero-order valence-electron chi connectivity index (χ0n) is 8.76. The van der Waals surface area contributed by atoms with Crippen LogP contribution in [0.3, 0.4) is 0 Å². The highest BCUT2D eigenvalue weighted by Crippen LogP contribution is 2.30. The maximum atomic E-state index is 9.47. The predicted molar refractivity (Wildman–Crippen MR) is 53.1 cm³/mol. The minimum Gasteiger partial charge on any atom is -0.393 e. The van der Waals surface area contributed by atoms with Crippen LogP contribution in [-0.2, 0) is 9.47 Å². The highest BCUT2D eigenvalue weighted by molar-refractivity contribution is 4.97. The monoisotopic (exact) mass is 211 g/mol. The highest BCUT2D eigenvalue weighted by atomic mass is 16.5. The fraction of sp³-hybridized carbons (Fsp3) is 0.909. The van der Waals surface area contributed by atoms with Crippen molar-refractivity contribution in [3.8, 4) is 6.07 Å². The van der Waals surface area contributed by atoms with Gasteiger partial charge in [-0.15, -0.1) is 0 Å². The molecule has 0 amide bonds. The van der Waals surface area contributed by atoms with Gasteiger partial charge in [0.25, 0.3) is 0 Å². The van der Waals surface area contributed by atoms with Crippen LogP contribution in [0.25, 0.3) is 0 Å². The standard InChI is InChI=1S/C11H17NO3/c12-7-8-5-9(13)6-11(8)15-10-1-3-14-4-2-10/h8-11,13H,1-6H2/t8-,9-,11+/m1/s1. The van der Waals surface area contributed by atoms with Crippen molar-refractivity contribution in [1.29, 1.82) is 5.26 Å². The quantitative estimate of drug-likeness (QED) is 0.735. The minimum atomic E-state index is -0.362. The number of hydrogen-bond acceptors (Lipinski definition) is 4. The summed E-state index contributed by atoms with van der Waals surface area (Å²) in [5.41, 5.74) is 0. The van der Waals surface area contributed by atoms with E-state index in [0.717, 1.165) is 26.1 Å². The van der Waals surface area contributed by atoms with Gasteiger partial charge in [-0.1, -0.05) is 0 Å². The molecule has 0 aromatic rings. The number of hydrogen-bond donors (Lipinski definition) is 1. The van der Waals surface area contributed by atoms with Crippen LogP contribution in [0.2, 0.25) is 0 Å². The Balaban J connectivity index is 1.85. The molecule has 0 radical (unpaired) electrons. The molecule has 84 valence electrons. The summed E-state index contributed by atoms with van der Waals surface area (Å²) in [4.78, 5) is 0. The van der Waals surface area contributed by atoms with Gasteiger partial charge >= 0.3 is 0 Å². The van der Waals surface area contributed by atoms with Crippen molar-refractivity contribution in [3.63, 3.8) is 0 Å². The second-order valence-electron chi connectivity index (χ2n) is 4.35. The van der Waals surface area contributed by atoms with Crippen LogP contribution in [0.5, 0.6) is 0 Å². The van der Waals surface area contributed by atoms with Gasteiger partial charge in [-0.3, -0.25) is 0 Å². The zero-order valence-corrected chi connectivity index (χ0v) is 8.76. The van der Waals surface area contributed by atoms with Crippen molar-refractivity contribution in [2.24, 2.45) is 5.92 Å². The van der Waals surface area contributed by atoms with E-state index in [9.17, 15) is 5.11 Å². The topological polar surface area (TPSA) is 62.5 Å². The predicted octanol–water partition coefficient (Wildman–Crippen LogP) is 0.845. The summed E-state index contributed by atoms with van der Waals surface area (Å²) in [6.07, 6.45) is 2.76. The lowest BCUT2D eigenvalue weighted by atomic mass is 10.1. The molecule has 0 unspecified atom stereocenters. The molecule has 1 aliphatic carbocycles. The average Bonchev–Trinajstić information content (AvgIpc) is 2.60. The van der Waals surface area contributed by atoms with Crippen molar-refractivity contribution in [3.05, 3.63) is 0 Å². The molecule has 4 heteroatoms. The number of ether oxygens (including phenoxy) is 2. The first kappa shape index (κ1) is 10.9. The lowest BCUT2D eigenvalue weighted by Crippen LogP contribution is -2.30. The summed E-state index contributed by atoms with van der Waals surface area (Å²) in [7, 11) is 0. The molecule has 15 heavy (non-hydrogen) atoms. The third-order valence-electron chi connectivity index (χ3n) is 3.18. The lowest BCUT2D eigenvalue weighted by Gasteiger charge is -2.26. The Bertz CT molecular complexity index is 245. The van der Waals surface area contributed by atoms with Gasteiger partial charge in [-0.25, -0.2) is 0 Å². The molecule has 1 heterocycles. The van der Waals surface area contributed by atoms with Crippen LogP contribution >= 0.6 is 0 Å². The molecule has 2 rings (SSSR count). The van der Waals surface area contributed by atoms with E-state index in [4.69, 9.17) is 14.7 Å². The van der Waals surface area contributed by atoms with E-state index >= 15 is 0 Å². The van der Waals surface area contributed by atoms with Crippen LogP contribution in [-0.4, -0.2) is 36.6 Å². The van der Waals surface area contributed by atoms with E-state index in [1.807, 2.05) is 0 Å². The highest BCUT2D eigenvalue weighted by Gasteiger charge is 2.35. The van der Waals surface area contributed by atoms with E-state index in [2.05, 4.69) is 6.07 Å². The van der Waals surface area contributed by atoms with Crippen LogP contribution in [0.15, 0.2) is 0 Å². The molecule has 1 saturated heterocycles. The Labute approximate surface area is 89.8 Å². The molecule has 1 aliphatic heterocycles. The van der Waals surface area contributed by atoms with Crippen molar-refractivity contribution >= 4 is 0 Å². The van der Waals surface area contributed by atoms with Crippen LogP contribution in [0.1, 0.15) is 25.7 Å². The smallest absolute Gasteiger partial charge is 0.0762 e. The van der Waals surface area contributed by atoms with Crippen LogP contribution in [0, 0.1) is 17.2 Å². The Morgan fingerprint density at radius 3 is 2.67 bits per heavy atom. The molecule has 0 aromatic heterocycles. The van der Waals surface area contributed by atoms with Crippen LogP contribution in [0.4, 0.5) is 0 Å². The summed E-state index contributed by atoms with van der Waals surface area (Å²) < 4.78 is 11.1. The summed E-state index contributed by atoms with van der Waals surface area (Å²) in [5, 5.41) is 18.4. The Hall–Kier alpha value is -0.630. The molecule has 3 atom stereocenters. The van der Waals surface area contributed by atoms with E-state index in [0.29, 0.717) is 12.8 Å². The SMILES string of the molecule is N#C[C@H]1C[C@@H](O)C[C@@H]1OC1CCOCC1. The maximum absolute atomic E-state index is 9.47. The fourth-order valence-corrected chi connectivity index (χ4v) is 2.32. The summed E-state index contributed by atoms with van der Waals surface area (Å²) >= 11 is 0. The number of aliphatic hydroxyl groups is 1. The van der Waals surface area contributed by atoms with Crippen molar-refractivity contribution in [2.45, 2.75) is 44.0 Å². The van der Waals surface area contributed by atoms with Gasteiger partial charge in [0.05, 0.1) is 30.3 Å². The molecule has 1 N–H and O–H groups in total. The number of aliphatic hydroxyl groups excluding tert-OH is 1. The van der Waals surface area contributed by atoms with Crippen LogP contribution < -0.4 is 0 Å². The Morgan fingerprint density at radius 1 is 1.27 bits per heavy atom. The second kappa shape index (κ2) is 4.93. The zero-order chi connectivity index (χ0) is 10.7. The van der Waals surface area contributed by atoms with E-state index < -0.39 is 0 Å².